The Labute approximate surface area is 293 Å². The average Bonchev–Trinajstić information content (AvgIpc) is 3.83. The van der Waals surface area contributed by atoms with Gasteiger partial charge in [0.2, 0.25) is 39.6 Å². The first-order chi connectivity index (χ1) is 23.6. The second-order valence-electron chi connectivity index (χ2n) is 13.5. The number of benzene rings is 2. The molecule has 15 heteroatoms. The number of hydrogen-bond donors (Lipinski definition) is 6. The molecule has 5 rings (SSSR count). The number of amides is 5. The molecule has 1 fully saturated rings. The topological polar surface area (TPSA) is 201 Å². The molecule has 0 unspecified atom stereocenters. The summed E-state index contributed by atoms with van der Waals surface area (Å²) in [6.45, 7) is 5.55. The molecular formula is C35H48N6O8S. The van der Waals surface area contributed by atoms with Crippen molar-refractivity contribution in [3.05, 3.63) is 65.7 Å². The van der Waals surface area contributed by atoms with Gasteiger partial charge in [0.1, 0.15) is 36.0 Å². The third-order valence-corrected chi connectivity index (χ3v) is 9.22. The fraction of sp³-hybridized carbons (Fsp3) is 0.514. The van der Waals surface area contributed by atoms with E-state index in [2.05, 4.69) is 31.3 Å². The molecule has 2 aromatic rings. The second-order valence-corrected chi connectivity index (χ2v) is 15.4. The Bertz CT molecular complexity index is 1630. The van der Waals surface area contributed by atoms with Crippen LogP contribution >= 0.6 is 0 Å². The number of carbonyl (C=O) groups excluding carboxylic acids is 5. The van der Waals surface area contributed by atoms with Crippen molar-refractivity contribution in [3.8, 4) is 5.75 Å². The number of hydrogen-bond acceptors (Lipinski definition) is 8. The van der Waals surface area contributed by atoms with Gasteiger partial charge in [-0.15, -0.1) is 0 Å². The molecule has 2 heterocycles. The molecule has 0 saturated heterocycles. The van der Waals surface area contributed by atoms with Gasteiger partial charge in [0.15, 0.2) is 0 Å². The number of fused-ring (bicyclic) bond motifs is 15. The molecule has 272 valence electrons. The molecule has 6 N–H and O–H groups in total. The Balaban J connectivity index is 1.60. The van der Waals surface area contributed by atoms with Gasteiger partial charge in [-0.3, -0.25) is 24.0 Å². The minimum Gasteiger partial charge on any atom is -0.491 e. The highest BCUT2D eigenvalue weighted by atomic mass is 32.2. The highest BCUT2D eigenvalue weighted by molar-refractivity contribution is 7.88. The summed E-state index contributed by atoms with van der Waals surface area (Å²) in [5, 5.41) is 14.0. The molecule has 5 amide bonds. The fourth-order valence-electron chi connectivity index (χ4n) is 5.63. The van der Waals surface area contributed by atoms with Crippen molar-refractivity contribution >= 4 is 39.6 Å². The van der Waals surface area contributed by atoms with E-state index >= 15 is 0 Å². The number of nitrogens with one attached hydrogen (secondary N) is 6. The second kappa shape index (κ2) is 16.9. The van der Waals surface area contributed by atoms with Crippen LogP contribution in [0.2, 0.25) is 0 Å². The molecule has 2 aromatic carbocycles. The van der Waals surface area contributed by atoms with E-state index in [1.54, 1.807) is 24.3 Å². The van der Waals surface area contributed by atoms with E-state index in [-0.39, 0.29) is 50.3 Å². The maximum atomic E-state index is 13.8. The fourth-order valence-corrected chi connectivity index (χ4v) is 6.11. The summed E-state index contributed by atoms with van der Waals surface area (Å²) in [6.07, 6.45) is 2.37. The molecule has 0 radical (unpaired) electrons. The first kappa shape index (κ1) is 38.3. The van der Waals surface area contributed by atoms with Gasteiger partial charge < -0.3 is 31.3 Å². The monoisotopic (exact) mass is 712 g/mol. The van der Waals surface area contributed by atoms with Gasteiger partial charge in [-0.25, -0.2) is 13.1 Å². The van der Waals surface area contributed by atoms with Crippen LogP contribution in [0.25, 0.3) is 0 Å². The molecule has 2 aliphatic heterocycles. The van der Waals surface area contributed by atoms with Gasteiger partial charge >= 0.3 is 0 Å². The van der Waals surface area contributed by atoms with Crippen LogP contribution in [0.15, 0.2) is 54.6 Å². The highest BCUT2D eigenvalue weighted by Gasteiger charge is 2.52. The van der Waals surface area contributed by atoms with Crippen molar-refractivity contribution in [1.82, 2.24) is 31.3 Å². The standard InChI is InChI=1S/C35H48N6O8S/c1-22(2)18-26-21-49-27-12-10-25(11-13-27)20-28(39-30(42)14-17-36-50(4,47)48)32(44)37-23(3)31(43)41-35(15-16-35)34(46)40-29(33(45)38-26)19-24-8-6-5-7-9-24/h5-13,22-23,26,28-29,36H,14-21H2,1-4H3,(H,37,44)(H,38,45)(H,39,42)(H,40,46)(H,41,43)/t23-,26+,28+,29-/m1/s1. The van der Waals surface area contributed by atoms with E-state index in [4.69, 9.17) is 4.74 Å². The van der Waals surface area contributed by atoms with Gasteiger partial charge in [0.05, 0.1) is 12.3 Å². The normalized spacial score (nSPS) is 23.2. The molecule has 2 bridgehead atoms. The van der Waals surface area contributed by atoms with Crippen LogP contribution in [-0.4, -0.2) is 87.1 Å². The molecule has 0 aromatic heterocycles. The molecule has 3 aliphatic rings. The minimum absolute atomic E-state index is 0.0624. The molecular weight excluding hydrogens is 664 g/mol. The van der Waals surface area contributed by atoms with Crippen molar-refractivity contribution in [1.29, 1.82) is 0 Å². The number of rotatable bonds is 9. The molecule has 4 atom stereocenters. The van der Waals surface area contributed by atoms with E-state index in [0.717, 1.165) is 11.8 Å². The van der Waals surface area contributed by atoms with Crippen molar-refractivity contribution < 1.29 is 37.1 Å². The molecule has 1 aliphatic carbocycles. The predicted molar refractivity (Wildman–Crippen MR) is 186 cm³/mol. The summed E-state index contributed by atoms with van der Waals surface area (Å²) in [7, 11) is -3.51. The first-order valence-corrected chi connectivity index (χ1v) is 18.7. The molecule has 1 saturated carbocycles. The third-order valence-electron chi connectivity index (χ3n) is 8.49. The zero-order valence-corrected chi connectivity index (χ0v) is 29.7. The highest BCUT2D eigenvalue weighted by Crippen LogP contribution is 2.36. The van der Waals surface area contributed by atoms with Crippen molar-refractivity contribution in [3.63, 3.8) is 0 Å². The van der Waals surface area contributed by atoms with Gasteiger partial charge in [-0.05, 0) is 55.4 Å². The summed E-state index contributed by atoms with van der Waals surface area (Å²) < 4.78 is 31.2. The lowest BCUT2D eigenvalue weighted by molar-refractivity contribution is -0.135. The molecule has 1 spiro atoms. The van der Waals surface area contributed by atoms with E-state index in [1.165, 1.54) is 6.92 Å². The van der Waals surface area contributed by atoms with Crippen molar-refractivity contribution in [2.75, 3.05) is 19.4 Å². The van der Waals surface area contributed by atoms with Crippen LogP contribution in [0, 0.1) is 5.92 Å². The van der Waals surface area contributed by atoms with Crippen LogP contribution in [0.3, 0.4) is 0 Å². The maximum Gasteiger partial charge on any atom is 0.246 e. The largest absolute Gasteiger partial charge is 0.491 e. The van der Waals surface area contributed by atoms with E-state index < -0.39 is 57.3 Å². The minimum atomic E-state index is -3.51. The van der Waals surface area contributed by atoms with Crippen LogP contribution < -0.4 is 36.0 Å². The van der Waals surface area contributed by atoms with Gasteiger partial charge in [-0.1, -0.05) is 56.3 Å². The quantitative estimate of drug-likeness (QED) is 0.201. The Morgan fingerprint density at radius 1 is 0.940 bits per heavy atom. The average molecular weight is 713 g/mol. The Morgan fingerprint density at radius 3 is 2.24 bits per heavy atom. The summed E-state index contributed by atoms with van der Waals surface area (Å²) in [6, 6.07) is 12.8. The first-order valence-electron chi connectivity index (χ1n) is 16.9. The summed E-state index contributed by atoms with van der Waals surface area (Å²) in [5.41, 5.74) is 0.286. The molecule has 14 nitrogen and oxygen atoms in total. The SMILES string of the molecule is CC(C)C[C@H]1COc2ccc(cc2)C[C@H](NC(=O)CCNS(C)(=O)=O)C(=O)N[C@H](C)C(=O)NC2(CC2)C(=O)N[C@H](Cc2ccccc2)C(=O)N1. The Morgan fingerprint density at radius 2 is 1.62 bits per heavy atom. The van der Waals surface area contributed by atoms with Gasteiger partial charge in [-0.2, -0.15) is 0 Å². The summed E-state index contributed by atoms with van der Waals surface area (Å²) >= 11 is 0. The maximum absolute atomic E-state index is 13.8. The molecule has 50 heavy (non-hydrogen) atoms. The predicted octanol–water partition coefficient (Wildman–Crippen LogP) is 0.458. The van der Waals surface area contributed by atoms with Crippen LogP contribution in [0.4, 0.5) is 0 Å². The number of carbonyl (C=O) groups is 5. The van der Waals surface area contributed by atoms with Gasteiger partial charge in [0.25, 0.3) is 0 Å². The Kier molecular flexibility index (Phi) is 13.0. The summed E-state index contributed by atoms with van der Waals surface area (Å²) in [4.78, 5) is 67.0. The number of ether oxygens (including phenoxy) is 1. The Hall–Kier alpha value is -4.50. The smallest absolute Gasteiger partial charge is 0.246 e. The lowest BCUT2D eigenvalue weighted by atomic mass is 10.0. The zero-order chi connectivity index (χ0) is 36.5. The van der Waals surface area contributed by atoms with E-state index in [1.807, 2.05) is 44.2 Å². The lowest BCUT2D eigenvalue weighted by Gasteiger charge is -2.27. The summed E-state index contributed by atoms with van der Waals surface area (Å²) in [5.74, 6) is -1.93. The van der Waals surface area contributed by atoms with Gasteiger partial charge in [0, 0.05) is 25.8 Å². The van der Waals surface area contributed by atoms with Crippen LogP contribution in [0.5, 0.6) is 5.75 Å². The van der Waals surface area contributed by atoms with E-state index in [0.29, 0.717) is 30.6 Å². The number of sulfonamides is 1. The van der Waals surface area contributed by atoms with Crippen LogP contribution in [0.1, 0.15) is 57.6 Å². The third kappa shape index (κ3) is 11.8. The van der Waals surface area contributed by atoms with Crippen molar-refractivity contribution in [2.45, 2.75) is 89.0 Å². The van der Waals surface area contributed by atoms with E-state index in [9.17, 15) is 32.4 Å². The zero-order valence-electron chi connectivity index (χ0n) is 28.9. The van der Waals surface area contributed by atoms with Crippen LogP contribution in [-0.2, 0) is 46.8 Å². The lowest BCUT2D eigenvalue weighted by Crippen LogP contribution is -2.60. The van der Waals surface area contributed by atoms with Crippen molar-refractivity contribution in [2.24, 2.45) is 5.92 Å².